The predicted octanol–water partition coefficient (Wildman–Crippen LogP) is -0.860. The summed E-state index contributed by atoms with van der Waals surface area (Å²) in [5, 5.41) is 12.7. The SMILES string of the molecule is COc1cc([C@@H]2[NH2+][C@@H](C(=O)[O-])CS2)cc(OC)c1OC. The summed E-state index contributed by atoms with van der Waals surface area (Å²) in [6.07, 6.45) is 0. The quantitative estimate of drug-likeness (QED) is 0.761. The Morgan fingerprint density at radius 2 is 1.85 bits per heavy atom. The van der Waals surface area contributed by atoms with Gasteiger partial charge in [-0.15, -0.1) is 0 Å². The summed E-state index contributed by atoms with van der Waals surface area (Å²) in [7, 11) is 4.65. The fourth-order valence-corrected chi connectivity index (χ4v) is 3.44. The lowest BCUT2D eigenvalue weighted by Gasteiger charge is -2.16. The second-order valence-electron chi connectivity index (χ2n) is 4.33. The van der Waals surface area contributed by atoms with E-state index in [0.717, 1.165) is 5.56 Å². The van der Waals surface area contributed by atoms with Crippen molar-refractivity contribution in [2.45, 2.75) is 11.4 Å². The van der Waals surface area contributed by atoms with E-state index in [1.165, 1.54) is 0 Å². The number of methoxy groups -OCH3 is 3. The third kappa shape index (κ3) is 2.78. The molecule has 1 aromatic rings. The molecule has 2 rings (SSSR count). The zero-order valence-electron chi connectivity index (χ0n) is 11.5. The smallest absolute Gasteiger partial charge is 0.203 e. The average Bonchev–Trinajstić information content (AvgIpc) is 2.95. The van der Waals surface area contributed by atoms with Crippen molar-refractivity contribution in [1.29, 1.82) is 0 Å². The molecule has 110 valence electrons. The van der Waals surface area contributed by atoms with E-state index in [2.05, 4.69) is 0 Å². The number of aliphatic carboxylic acids is 1. The molecular formula is C13H17NO5S. The molecule has 1 aliphatic heterocycles. The lowest BCUT2D eigenvalue weighted by atomic mass is 10.1. The molecule has 6 nitrogen and oxygen atoms in total. The van der Waals surface area contributed by atoms with Crippen molar-refractivity contribution in [3.05, 3.63) is 17.7 Å². The Bertz CT molecular complexity index is 483. The Morgan fingerprint density at radius 1 is 1.25 bits per heavy atom. The molecule has 0 amide bonds. The average molecular weight is 299 g/mol. The van der Waals surface area contributed by atoms with Gasteiger partial charge in [-0.2, -0.15) is 0 Å². The lowest BCUT2D eigenvalue weighted by Crippen LogP contribution is -2.90. The van der Waals surface area contributed by atoms with Crippen molar-refractivity contribution in [3.63, 3.8) is 0 Å². The highest BCUT2D eigenvalue weighted by molar-refractivity contribution is 7.99. The number of nitrogens with two attached hydrogens (primary N) is 1. The van der Waals surface area contributed by atoms with E-state index >= 15 is 0 Å². The highest BCUT2D eigenvalue weighted by atomic mass is 32.2. The van der Waals surface area contributed by atoms with Crippen LogP contribution in [0.15, 0.2) is 12.1 Å². The van der Waals surface area contributed by atoms with E-state index in [9.17, 15) is 9.90 Å². The van der Waals surface area contributed by atoms with Crippen LogP contribution in [0.3, 0.4) is 0 Å². The third-order valence-corrected chi connectivity index (χ3v) is 4.52. The van der Waals surface area contributed by atoms with Gasteiger partial charge in [0, 0.05) is 5.56 Å². The molecular weight excluding hydrogens is 282 g/mol. The van der Waals surface area contributed by atoms with Crippen LogP contribution in [0.4, 0.5) is 0 Å². The Morgan fingerprint density at radius 3 is 2.25 bits per heavy atom. The molecule has 20 heavy (non-hydrogen) atoms. The number of quaternary nitrogens is 1. The van der Waals surface area contributed by atoms with E-state index in [0.29, 0.717) is 23.0 Å². The third-order valence-electron chi connectivity index (χ3n) is 3.18. The summed E-state index contributed by atoms with van der Waals surface area (Å²) < 4.78 is 15.9. The van der Waals surface area contributed by atoms with Gasteiger partial charge in [0.15, 0.2) is 16.9 Å². The normalized spacial score (nSPS) is 21.6. The molecule has 1 heterocycles. The molecule has 0 radical (unpaired) electrons. The van der Waals surface area contributed by atoms with E-state index in [-0.39, 0.29) is 5.37 Å². The number of ether oxygens (including phenoxy) is 3. The number of thioether (sulfide) groups is 1. The molecule has 0 aromatic heterocycles. The second kappa shape index (κ2) is 6.23. The van der Waals surface area contributed by atoms with E-state index in [1.807, 2.05) is 12.1 Å². The zero-order chi connectivity index (χ0) is 14.7. The summed E-state index contributed by atoms with van der Waals surface area (Å²) in [6.45, 7) is 0. The van der Waals surface area contributed by atoms with Crippen LogP contribution >= 0.6 is 11.8 Å². The molecule has 2 N–H and O–H groups in total. The number of carboxylic acid groups (broad SMARTS) is 1. The van der Waals surface area contributed by atoms with Crippen molar-refractivity contribution in [2.75, 3.05) is 27.1 Å². The van der Waals surface area contributed by atoms with Crippen LogP contribution in [0.1, 0.15) is 10.9 Å². The van der Waals surface area contributed by atoms with Crippen LogP contribution in [0.2, 0.25) is 0 Å². The first-order valence-electron chi connectivity index (χ1n) is 6.08. The van der Waals surface area contributed by atoms with Gasteiger partial charge in [0.05, 0.1) is 27.1 Å². The molecule has 7 heteroatoms. The number of carbonyl (C=O) groups excluding carboxylic acids is 1. The largest absolute Gasteiger partial charge is 0.544 e. The van der Waals surface area contributed by atoms with Crippen molar-refractivity contribution >= 4 is 17.7 Å². The zero-order valence-corrected chi connectivity index (χ0v) is 12.4. The van der Waals surface area contributed by atoms with Crippen LogP contribution in [0.5, 0.6) is 17.2 Å². The molecule has 1 saturated heterocycles. The van der Waals surface area contributed by atoms with Gasteiger partial charge in [-0.05, 0) is 12.1 Å². The number of rotatable bonds is 5. The van der Waals surface area contributed by atoms with E-state index in [1.54, 1.807) is 38.4 Å². The highest BCUT2D eigenvalue weighted by Crippen LogP contribution is 2.41. The first kappa shape index (κ1) is 14.8. The van der Waals surface area contributed by atoms with Crippen molar-refractivity contribution in [2.24, 2.45) is 0 Å². The summed E-state index contributed by atoms with van der Waals surface area (Å²) in [4.78, 5) is 10.9. The highest BCUT2D eigenvalue weighted by Gasteiger charge is 2.32. The van der Waals surface area contributed by atoms with Gasteiger partial charge in [0.25, 0.3) is 0 Å². The van der Waals surface area contributed by atoms with Crippen LogP contribution in [-0.4, -0.2) is 39.1 Å². The fraction of sp³-hybridized carbons (Fsp3) is 0.462. The molecule has 1 aromatic carbocycles. The van der Waals surface area contributed by atoms with Crippen LogP contribution in [-0.2, 0) is 4.79 Å². The summed E-state index contributed by atoms with van der Waals surface area (Å²) in [5.41, 5.74) is 0.924. The molecule has 1 fully saturated rings. The van der Waals surface area contributed by atoms with Gasteiger partial charge >= 0.3 is 0 Å². The number of carboxylic acids is 1. The van der Waals surface area contributed by atoms with Crippen molar-refractivity contribution in [1.82, 2.24) is 0 Å². The Balaban J connectivity index is 2.31. The molecule has 0 aliphatic carbocycles. The van der Waals surface area contributed by atoms with Crippen LogP contribution in [0.25, 0.3) is 0 Å². The second-order valence-corrected chi connectivity index (χ2v) is 5.51. The minimum absolute atomic E-state index is 0.0217. The van der Waals surface area contributed by atoms with Gasteiger partial charge in [-0.25, -0.2) is 0 Å². The monoisotopic (exact) mass is 299 g/mol. The van der Waals surface area contributed by atoms with Gasteiger partial charge in [0.2, 0.25) is 5.75 Å². The molecule has 0 spiro atoms. The first-order valence-corrected chi connectivity index (χ1v) is 7.13. The van der Waals surface area contributed by atoms with Gasteiger partial charge in [0.1, 0.15) is 12.0 Å². The summed E-state index contributed by atoms with van der Waals surface area (Å²) in [5.74, 6) is 1.13. The standard InChI is InChI=1S/C13H17NO5S/c1-17-9-4-7(5-10(18-2)11(9)19-3)12-14-8(6-20-12)13(15)16/h4-5,8,12,14H,6H2,1-3H3,(H,15,16)/t8-,12-/m1/s1. The van der Waals surface area contributed by atoms with E-state index in [4.69, 9.17) is 14.2 Å². The number of hydrogen-bond donors (Lipinski definition) is 1. The maximum Gasteiger partial charge on any atom is 0.203 e. The Hall–Kier alpha value is -1.60. The van der Waals surface area contributed by atoms with Gasteiger partial charge in [-0.1, -0.05) is 11.8 Å². The molecule has 0 saturated carbocycles. The summed E-state index contributed by atoms with van der Waals surface area (Å²) in [6, 6.07) is 3.16. The fourth-order valence-electron chi connectivity index (χ4n) is 2.15. The summed E-state index contributed by atoms with van der Waals surface area (Å²) >= 11 is 1.56. The topological polar surface area (TPSA) is 84.4 Å². The van der Waals surface area contributed by atoms with Crippen molar-refractivity contribution in [3.8, 4) is 17.2 Å². The minimum Gasteiger partial charge on any atom is -0.544 e. The molecule has 0 bridgehead atoms. The lowest BCUT2D eigenvalue weighted by molar-refractivity contribution is -0.690. The maximum absolute atomic E-state index is 10.9. The maximum atomic E-state index is 10.9. The van der Waals surface area contributed by atoms with Crippen molar-refractivity contribution < 1.29 is 29.4 Å². The predicted molar refractivity (Wildman–Crippen MR) is 72.0 cm³/mol. The number of carbonyl (C=O) groups is 1. The molecule has 1 aliphatic rings. The Labute approximate surface area is 121 Å². The number of hydrogen-bond acceptors (Lipinski definition) is 6. The molecule has 0 unspecified atom stereocenters. The van der Waals surface area contributed by atoms with E-state index < -0.39 is 12.0 Å². The Kier molecular flexibility index (Phi) is 4.61. The van der Waals surface area contributed by atoms with Crippen LogP contribution in [0, 0.1) is 0 Å². The minimum atomic E-state index is -1.03. The van der Waals surface area contributed by atoms with Crippen LogP contribution < -0.4 is 24.6 Å². The number of benzene rings is 1. The van der Waals surface area contributed by atoms with Gasteiger partial charge in [-0.3, -0.25) is 0 Å². The molecule has 2 atom stereocenters. The first-order chi connectivity index (χ1) is 9.60. The van der Waals surface area contributed by atoms with Gasteiger partial charge < -0.3 is 29.4 Å².